The molecule has 27 rings (SSSR count). The van der Waals surface area contributed by atoms with Crippen LogP contribution in [0.25, 0.3) is 267 Å². The lowest BCUT2D eigenvalue weighted by atomic mass is 9.90. The molecule has 0 spiro atoms. The molecule has 9 heteroatoms. The highest BCUT2D eigenvalue weighted by molar-refractivity contribution is 6.19. The summed E-state index contributed by atoms with van der Waals surface area (Å²) in [4.78, 5) is 45.9. The number of hydrogen-bond donors (Lipinski definition) is 0. The summed E-state index contributed by atoms with van der Waals surface area (Å²) < 4.78 is 0. The predicted octanol–water partition coefficient (Wildman–Crippen LogP) is 36.5. The van der Waals surface area contributed by atoms with Gasteiger partial charge in [0.25, 0.3) is 0 Å². The van der Waals surface area contributed by atoms with Crippen LogP contribution in [-0.4, -0.2) is 44.9 Å². The van der Waals surface area contributed by atoms with Gasteiger partial charge in [-0.2, -0.15) is 0 Å². The van der Waals surface area contributed by atoms with Crippen molar-refractivity contribution in [3.63, 3.8) is 0 Å². The molecule has 0 radical (unpaired) electrons. The van der Waals surface area contributed by atoms with E-state index in [1.165, 1.54) is 49.5 Å². The maximum absolute atomic E-state index is 5.33. The van der Waals surface area contributed by atoms with Crippen LogP contribution in [0.1, 0.15) is 0 Å². The number of nitrogens with zero attached hydrogens (tertiary/aromatic N) is 9. The van der Waals surface area contributed by atoms with Crippen LogP contribution < -0.4 is 0 Å². The van der Waals surface area contributed by atoms with Gasteiger partial charge in [0, 0.05) is 93.5 Å². The largest absolute Gasteiger partial charge is 0.248 e. The van der Waals surface area contributed by atoms with Crippen molar-refractivity contribution in [1.29, 1.82) is 0 Å². The van der Waals surface area contributed by atoms with Gasteiger partial charge in [-0.15, -0.1) is 0 Å². The minimum atomic E-state index is 0.631. The molecule has 0 amide bonds. The Kier molecular flexibility index (Phi) is 25.1. The van der Waals surface area contributed by atoms with Crippen molar-refractivity contribution >= 4 is 65.0 Å². The van der Waals surface area contributed by atoms with Crippen molar-refractivity contribution in [1.82, 2.24) is 44.9 Å². The highest BCUT2D eigenvalue weighted by Gasteiger charge is 2.24. The summed E-state index contributed by atoms with van der Waals surface area (Å²) >= 11 is 0. The normalized spacial score (nSPS) is 11.2. The lowest BCUT2D eigenvalue weighted by Crippen LogP contribution is -2.00. The monoisotopic (exact) mass is 1910 g/mol. The van der Waals surface area contributed by atoms with Gasteiger partial charge in [0.2, 0.25) is 0 Å². The summed E-state index contributed by atoms with van der Waals surface area (Å²) in [5, 5.41) is 10.3. The number of fused-ring (bicyclic) bond motifs is 9. The molecule has 21 aromatic carbocycles. The SMILES string of the molecule is c1ccc(-c2cc(-c3ccc(-c4cc(-c5ccccc5)nc5c4cc(-c4ccccc4)c4ccccc45)cc3)cc(-c3ccccc3)n2)cc1.c1ccc(-c2cc(-c3ccc(-c4nc(-c5ccccc5)nc(-c5ccccc5)n4)cc3)c3cc(-c4ccccc4)c4ccccc4c3n2)cc1.c1ccc(-c2cc(-c3ccccc3)nc(-c3ccc(-c4cc(-c5ccccc5)nc5c4cc(-c4ccccc4)c4ccccc45)cc3)n2)cc1. The third-order valence-corrected chi connectivity index (χ3v) is 27.9. The molecule has 0 saturated heterocycles. The van der Waals surface area contributed by atoms with Gasteiger partial charge in [0.15, 0.2) is 23.3 Å². The molecule has 6 aromatic heterocycles. The van der Waals surface area contributed by atoms with Crippen molar-refractivity contribution in [3.8, 4) is 202 Å². The summed E-state index contributed by atoms with van der Waals surface area (Å²) in [7, 11) is 0. The van der Waals surface area contributed by atoms with E-state index in [1.807, 2.05) is 121 Å². The minimum Gasteiger partial charge on any atom is -0.248 e. The predicted molar refractivity (Wildman–Crippen MR) is 622 cm³/mol. The van der Waals surface area contributed by atoms with Gasteiger partial charge in [-0.25, -0.2) is 44.9 Å². The Bertz CT molecular complexity index is 8510. The second-order valence-corrected chi connectivity index (χ2v) is 37.3. The van der Waals surface area contributed by atoms with E-state index in [2.05, 4.69) is 443 Å². The van der Waals surface area contributed by atoms with Crippen LogP contribution in [0.15, 0.2) is 564 Å². The highest BCUT2D eigenvalue weighted by atomic mass is 15.0. The van der Waals surface area contributed by atoms with Crippen molar-refractivity contribution in [2.75, 3.05) is 0 Å². The second kappa shape index (κ2) is 41.3. The van der Waals surface area contributed by atoms with E-state index in [-0.39, 0.29) is 0 Å². The minimum absolute atomic E-state index is 0.631. The fraction of sp³-hybridized carbons (Fsp3) is 0. The molecular formula is C141H93N9. The molecule has 0 N–H and O–H groups in total. The standard InChI is InChI=1S/C48H32N2.C47H31N3.C46H30N4/c1-5-15-34(16-6-1)42-31-44-43(32-47(38-21-11-4-12-22-38)50-48(44)41-24-14-13-23-40(41)42)35-27-25-33(26-28-35)39-29-45(36-17-7-2-8-18-36)49-46(30-39)37-19-9-3-10-20-37;1-5-15-32(16-6-1)40-29-42-41(30-43(34-17-7-2-8-18-34)48-46(42)39-24-14-13-23-38(39)40)33-25-27-37(28-26-33)47-49-44(35-19-9-3-10-20-35)31-45(50-47)36-21-11-4-12-22-36;1-5-15-31(16-6-1)39-29-41-40(30-42(33-17-7-2-8-18-33)47-43(41)38-24-14-13-23-37(38)39)32-25-27-36(28-26-32)46-49-44(34-19-9-3-10-20-34)48-45(50-46)35-21-11-4-12-22-35/h1-32H;1-31H;1-30H. The summed E-state index contributed by atoms with van der Waals surface area (Å²) in [6.07, 6.45) is 0. The first-order valence-electron chi connectivity index (χ1n) is 50.6. The van der Waals surface area contributed by atoms with Crippen LogP contribution >= 0.6 is 0 Å². The Morgan fingerprint density at radius 3 is 0.500 bits per heavy atom. The van der Waals surface area contributed by atoms with E-state index < -0.39 is 0 Å². The van der Waals surface area contributed by atoms with Crippen LogP contribution in [0.2, 0.25) is 0 Å². The summed E-state index contributed by atoms with van der Waals surface area (Å²) in [5.41, 5.74) is 37.1. The number of hydrogen-bond acceptors (Lipinski definition) is 9. The third kappa shape index (κ3) is 18.8. The second-order valence-electron chi connectivity index (χ2n) is 37.3. The molecule has 9 nitrogen and oxygen atoms in total. The molecule has 0 atom stereocenters. The molecule has 0 aliphatic carbocycles. The van der Waals surface area contributed by atoms with Crippen LogP contribution in [0, 0.1) is 0 Å². The van der Waals surface area contributed by atoms with E-state index in [0.29, 0.717) is 23.3 Å². The number of pyridine rings is 4. The molecule has 0 saturated carbocycles. The average Bonchev–Trinajstić information content (AvgIpc) is 0.744. The third-order valence-electron chi connectivity index (χ3n) is 27.9. The number of aromatic nitrogens is 9. The van der Waals surface area contributed by atoms with Gasteiger partial charge in [-0.1, -0.05) is 510 Å². The Morgan fingerprint density at radius 2 is 0.253 bits per heavy atom. The Hall–Kier alpha value is -20.1. The summed E-state index contributed by atoms with van der Waals surface area (Å²) in [6, 6.07) is 197. The zero-order valence-electron chi connectivity index (χ0n) is 81.7. The molecule has 0 unspecified atom stereocenters. The zero-order valence-corrected chi connectivity index (χ0v) is 81.7. The van der Waals surface area contributed by atoms with Gasteiger partial charge < -0.3 is 0 Å². The van der Waals surface area contributed by atoms with Gasteiger partial charge in [0.1, 0.15) is 0 Å². The number of rotatable bonds is 18. The van der Waals surface area contributed by atoms with E-state index in [9.17, 15) is 0 Å². The van der Waals surface area contributed by atoms with Crippen molar-refractivity contribution in [2.45, 2.75) is 0 Å². The van der Waals surface area contributed by atoms with Crippen LogP contribution in [-0.2, 0) is 0 Å². The van der Waals surface area contributed by atoms with Gasteiger partial charge in [-0.3, -0.25) is 0 Å². The van der Waals surface area contributed by atoms with Crippen molar-refractivity contribution < 1.29 is 0 Å². The summed E-state index contributed by atoms with van der Waals surface area (Å²) in [5.74, 6) is 2.61. The maximum Gasteiger partial charge on any atom is 0.164 e. The summed E-state index contributed by atoms with van der Waals surface area (Å²) in [6.45, 7) is 0. The Balaban J connectivity index is 0.000000116. The Morgan fingerprint density at radius 1 is 0.0867 bits per heavy atom. The first-order chi connectivity index (χ1) is 74.3. The maximum atomic E-state index is 5.33. The van der Waals surface area contributed by atoms with Crippen LogP contribution in [0.3, 0.4) is 0 Å². The lowest BCUT2D eigenvalue weighted by Gasteiger charge is -2.16. The molecule has 0 fully saturated rings. The average molecular weight is 1910 g/mol. The smallest absolute Gasteiger partial charge is 0.164 e. The van der Waals surface area contributed by atoms with E-state index in [4.69, 9.17) is 44.9 Å². The highest BCUT2D eigenvalue weighted by Crippen LogP contribution is 2.47. The zero-order chi connectivity index (χ0) is 99.8. The first-order valence-corrected chi connectivity index (χ1v) is 50.6. The molecule has 702 valence electrons. The van der Waals surface area contributed by atoms with Gasteiger partial charge in [0.05, 0.1) is 56.4 Å². The van der Waals surface area contributed by atoms with Crippen molar-refractivity contribution in [3.05, 3.63) is 564 Å². The van der Waals surface area contributed by atoms with Crippen LogP contribution in [0.5, 0.6) is 0 Å². The fourth-order valence-electron chi connectivity index (χ4n) is 20.4. The molecule has 0 aliphatic heterocycles. The molecule has 27 aromatic rings. The first kappa shape index (κ1) is 91.1. The van der Waals surface area contributed by atoms with E-state index in [1.54, 1.807) is 0 Å². The molecule has 0 bridgehead atoms. The van der Waals surface area contributed by atoms with E-state index >= 15 is 0 Å². The quantitative estimate of drug-likeness (QED) is 0.0774. The molecular weight excluding hydrogens is 1820 g/mol. The van der Waals surface area contributed by atoms with Gasteiger partial charge >= 0.3 is 0 Å². The van der Waals surface area contributed by atoms with Gasteiger partial charge in [-0.05, 0) is 149 Å². The Labute approximate surface area is 870 Å². The lowest BCUT2D eigenvalue weighted by molar-refractivity contribution is 1.07. The van der Waals surface area contributed by atoms with Crippen LogP contribution in [0.4, 0.5) is 0 Å². The van der Waals surface area contributed by atoms with E-state index in [0.717, 1.165) is 194 Å². The molecule has 150 heavy (non-hydrogen) atoms. The topological polar surface area (TPSA) is 116 Å². The van der Waals surface area contributed by atoms with Crippen molar-refractivity contribution in [2.24, 2.45) is 0 Å². The molecule has 6 heterocycles. The number of benzene rings is 21. The fourth-order valence-corrected chi connectivity index (χ4v) is 20.4. The molecule has 0 aliphatic rings.